The molecule has 1 aliphatic heterocycles. The maximum Gasteiger partial charge on any atom is 0.224 e. The highest BCUT2D eigenvalue weighted by molar-refractivity contribution is 5.90. The molecule has 0 bridgehead atoms. The van der Waals surface area contributed by atoms with Gasteiger partial charge in [0.05, 0.1) is 35.5 Å². The molecule has 0 aliphatic carbocycles. The van der Waals surface area contributed by atoms with Crippen LogP contribution >= 0.6 is 0 Å². The molecule has 0 radical (unpaired) electrons. The Morgan fingerprint density at radius 2 is 2.21 bits per heavy atom. The molecular weight excluding hydrogens is 308 g/mol. The number of carbonyl (C=O) groups excluding carboxylic acids is 2. The first-order chi connectivity index (χ1) is 11.6. The summed E-state index contributed by atoms with van der Waals surface area (Å²) in [5, 5.41) is 9.15. The van der Waals surface area contributed by atoms with E-state index in [4.69, 9.17) is 0 Å². The minimum Gasteiger partial charge on any atom is -0.334 e. The number of rotatable bonds is 5. The van der Waals surface area contributed by atoms with Gasteiger partial charge in [0.1, 0.15) is 0 Å². The van der Waals surface area contributed by atoms with Crippen LogP contribution < -0.4 is 5.32 Å². The molecule has 2 amide bonds. The lowest BCUT2D eigenvalue weighted by Gasteiger charge is -2.22. The van der Waals surface area contributed by atoms with Crippen molar-refractivity contribution < 1.29 is 9.59 Å². The maximum atomic E-state index is 11.8. The van der Waals surface area contributed by atoms with E-state index in [1.165, 1.54) is 0 Å². The van der Waals surface area contributed by atoms with Crippen LogP contribution in [0.15, 0.2) is 24.8 Å². The fourth-order valence-electron chi connectivity index (χ4n) is 2.90. The topological polar surface area (TPSA) is 104 Å². The van der Waals surface area contributed by atoms with Gasteiger partial charge in [-0.1, -0.05) is 0 Å². The Morgan fingerprint density at radius 1 is 1.33 bits per heavy atom. The summed E-state index contributed by atoms with van der Waals surface area (Å²) in [6, 6.07) is 0.0217. The highest BCUT2D eigenvalue weighted by atomic mass is 16.2. The number of nitrogens with zero attached hydrogens (tertiary/aromatic N) is 4. The third kappa shape index (κ3) is 3.76. The number of anilines is 1. The van der Waals surface area contributed by atoms with Crippen molar-refractivity contribution in [2.24, 2.45) is 0 Å². The standard InChI is InChI=1S/C16H20N6O2/c1-11(23)22-6-2-3-15(22)14-10-17-12(7-18-14)4-5-16(24)21-13-8-19-20-9-13/h7-10,15H,2-6H2,1H3,(H,19,20)(H,21,24). The number of aryl methyl sites for hydroxylation is 1. The third-order valence-corrected chi connectivity index (χ3v) is 4.11. The van der Waals surface area contributed by atoms with E-state index in [1.54, 1.807) is 31.7 Å². The Labute approximate surface area is 139 Å². The van der Waals surface area contributed by atoms with Gasteiger partial charge in [-0.3, -0.25) is 24.7 Å². The molecule has 0 saturated carbocycles. The molecule has 2 aromatic rings. The number of aromatic nitrogens is 4. The number of hydrogen-bond acceptors (Lipinski definition) is 5. The zero-order valence-electron chi connectivity index (χ0n) is 13.5. The summed E-state index contributed by atoms with van der Waals surface area (Å²) < 4.78 is 0. The molecule has 1 atom stereocenters. The van der Waals surface area contributed by atoms with Crippen molar-refractivity contribution in [2.45, 2.75) is 38.6 Å². The lowest BCUT2D eigenvalue weighted by Crippen LogP contribution is -2.28. The van der Waals surface area contributed by atoms with Crippen molar-refractivity contribution in [2.75, 3.05) is 11.9 Å². The van der Waals surface area contributed by atoms with Crippen LogP contribution in [-0.4, -0.2) is 43.4 Å². The van der Waals surface area contributed by atoms with Gasteiger partial charge in [-0.05, 0) is 19.3 Å². The second-order valence-corrected chi connectivity index (χ2v) is 5.84. The van der Waals surface area contributed by atoms with Crippen molar-refractivity contribution >= 4 is 17.5 Å². The van der Waals surface area contributed by atoms with Crippen LogP contribution in [0.5, 0.6) is 0 Å². The average Bonchev–Trinajstić information content (AvgIpc) is 3.25. The van der Waals surface area contributed by atoms with Crippen LogP contribution in [0.3, 0.4) is 0 Å². The van der Waals surface area contributed by atoms with Gasteiger partial charge in [0, 0.05) is 32.3 Å². The molecule has 24 heavy (non-hydrogen) atoms. The number of H-pyrrole nitrogens is 1. The molecule has 1 fully saturated rings. The zero-order valence-corrected chi connectivity index (χ0v) is 13.5. The van der Waals surface area contributed by atoms with Crippen LogP contribution in [-0.2, 0) is 16.0 Å². The van der Waals surface area contributed by atoms with E-state index in [-0.39, 0.29) is 17.9 Å². The van der Waals surface area contributed by atoms with Crippen molar-refractivity contribution in [3.05, 3.63) is 36.2 Å². The van der Waals surface area contributed by atoms with Crippen LogP contribution in [0.2, 0.25) is 0 Å². The van der Waals surface area contributed by atoms with Crippen molar-refractivity contribution in [3.63, 3.8) is 0 Å². The number of aromatic amines is 1. The highest BCUT2D eigenvalue weighted by Crippen LogP contribution is 2.30. The van der Waals surface area contributed by atoms with Crippen molar-refractivity contribution in [1.29, 1.82) is 0 Å². The van der Waals surface area contributed by atoms with Gasteiger partial charge in [0.15, 0.2) is 0 Å². The van der Waals surface area contributed by atoms with Gasteiger partial charge in [0.25, 0.3) is 0 Å². The zero-order chi connectivity index (χ0) is 16.9. The summed E-state index contributed by atoms with van der Waals surface area (Å²) in [6.45, 7) is 2.36. The average molecular weight is 328 g/mol. The van der Waals surface area contributed by atoms with Gasteiger partial charge < -0.3 is 10.2 Å². The number of likely N-dealkylation sites (tertiary alicyclic amines) is 1. The Kier molecular flexibility index (Phi) is 4.83. The van der Waals surface area contributed by atoms with E-state index in [1.807, 2.05) is 4.90 Å². The van der Waals surface area contributed by atoms with Crippen LogP contribution in [0.25, 0.3) is 0 Å². The minimum atomic E-state index is -0.0965. The van der Waals surface area contributed by atoms with E-state index in [0.29, 0.717) is 18.5 Å². The lowest BCUT2D eigenvalue weighted by molar-refractivity contribution is -0.129. The summed E-state index contributed by atoms with van der Waals surface area (Å²) in [6.07, 6.45) is 9.32. The Balaban J connectivity index is 1.55. The summed E-state index contributed by atoms with van der Waals surface area (Å²) in [4.78, 5) is 34.1. The second kappa shape index (κ2) is 7.20. The summed E-state index contributed by atoms with van der Waals surface area (Å²) >= 11 is 0. The first kappa shape index (κ1) is 16.1. The number of amides is 2. The number of hydrogen-bond donors (Lipinski definition) is 2. The normalized spacial score (nSPS) is 17.0. The van der Waals surface area contributed by atoms with Crippen molar-refractivity contribution in [1.82, 2.24) is 25.1 Å². The first-order valence-electron chi connectivity index (χ1n) is 8.00. The molecule has 0 aromatic carbocycles. The van der Waals surface area contributed by atoms with E-state index >= 15 is 0 Å². The van der Waals surface area contributed by atoms with Gasteiger partial charge in [-0.15, -0.1) is 0 Å². The minimum absolute atomic E-state index is 0.0217. The fraction of sp³-hybridized carbons (Fsp3) is 0.438. The largest absolute Gasteiger partial charge is 0.334 e. The molecule has 2 N–H and O–H groups in total. The van der Waals surface area contributed by atoms with Gasteiger partial charge >= 0.3 is 0 Å². The molecule has 8 nitrogen and oxygen atoms in total. The lowest BCUT2D eigenvalue weighted by atomic mass is 10.1. The molecule has 8 heteroatoms. The van der Waals surface area contributed by atoms with Crippen LogP contribution in [0.4, 0.5) is 5.69 Å². The predicted molar refractivity (Wildman–Crippen MR) is 86.9 cm³/mol. The molecule has 1 unspecified atom stereocenters. The molecule has 0 spiro atoms. The molecule has 3 heterocycles. The van der Waals surface area contributed by atoms with Crippen LogP contribution in [0, 0.1) is 0 Å². The Bertz CT molecular complexity index is 698. The summed E-state index contributed by atoms with van der Waals surface area (Å²) in [5.74, 6) is -0.0277. The highest BCUT2D eigenvalue weighted by Gasteiger charge is 2.28. The Hall–Kier alpha value is -2.77. The van der Waals surface area contributed by atoms with E-state index in [2.05, 4.69) is 25.5 Å². The molecule has 1 saturated heterocycles. The second-order valence-electron chi connectivity index (χ2n) is 5.84. The summed E-state index contributed by atoms with van der Waals surface area (Å²) in [5.41, 5.74) is 2.22. The number of carbonyl (C=O) groups is 2. The maximum absolute atomic E-state index is 11.8. The third-order valence-electron chi connectivity index (χ3n) is 4.11. The first-order valence-corrected chi connectivity index (χ1v) is 8.00. The van der Waals surface area contributed by atoms with Gasteiger partial charge in [0.2, 0.25) is 11.8 Å². The quantitative estimate of drug-likeness (QED) is 0.864. The van der Waals surface area contributed by atoms with Gasteiger partial charge in [-0.25, -0.2) is 0 Å². The van der Waals surface area contributed by atoms with E-state index < -0.39 is 0 Å². The smallest absolute Gasteiger partial charge is 0.224 e. The molecule has 2 aromatic heterocycles. The summed E-state index contributed by atoms with van der Waals surface area (Å²) in [7, 11) is 0. The molecular formula is C16H20N6O2. The predicted octanol–water partition coefficient (Wildman–Crippen LogP) is 1.45. The molecule has 1 aliphatic rings. The van der Waals surface area contributed by atoms with Crippen LogP contribution in [0.1, 0.15) is 43.6 Å². The SMILES string of the molecule is CC(=O)N1CCCC1c1cnc(CCC(=O)Nc2cn[nH]c2)cn1. The fourth-order valence-corrected chi connectivity index (χ4v) is 2.90. The number of nitrogens with one attached hydrogen (secondary N) is 2. The van der Waals surface area contributed by atoms with E-state index in [9.17, 15) is 9.59 Å². The monoisotopic (exact) mass is 328 g/mol. The van der Waals surface area contributed by atoms with Gasteiger partial charge in [-0.2, -0.15) is 5.10 Å². The van der Waals surface area contributed by atoms with E-state index in [0.717, 1.165) is 30.8 Å². The Morgan fingerprint density at radius 3 is 2.88 bits per heavy atom. The molecule has 3 rings (SSSR count). The van der Waals surface area contributed by atoms with Crippen molar-refractivity contribution in [3.8, 4) is 0 Å². The molecule has 126 valence electrons.